The number of thiazole rings is 1. The number of carbonyl (C=O) groups excluding carboxylic acids is 1. The van der Waals surface area contributed by atoms with Gasteiger partial charge in [-0.15, -0.1) is 11.3 Å². The zero-order valence-corrected chi connectivity index (χ0v) is 24.0. The molecule has 1 N–H and O–H groups in total. The van der Waals surface area contributed by atoms with Crippen LogP contribution in [0.15, 0.2) is 71.1 Å². The van der Waals surface area contributed by atoms with Crippen molar-refractivity contribution in [3.63, 3.8) is 0 Å². The summed E-state index contributed by atoms with van der Waals surface area (Å²) >= 11 is 1.44. The van der Waals surface area contributed by atoms with Gasteiger partial charge in [0.15, 0.2) is 11.3 Å². The Kier molecular flexibility index (Phi) is 6.52. The van der Waals surface area contributed by atoms with E-state index in [0.717, 1.165) is 35.4 Å². The fraction of sp³-hybridized carbons (Fsp3) is 0.241. The largest absolute Gasteiger partial charge is 0.368 e. The number of rotatable bonds is 6. The Morgan fingerprint density at radius 1 is 0.976 bits per heavy atom. The summed E-state index contributed by atoms with van der Waals surface area (Å²) in [7, 11) is 3.82. The van der Waals surface area contributed by atoms with E-state index < -0.39 is 0 Å². The quantitative estimate of drug-likeness (QED) is 0.317. The molecule has 1 amide bonds. The van der Waals surface area contributed by atoms with Gasteiger partial charge < -0.3 is 20.0 Å². The predicted molar refractivity (Wildman–Crippen MR) is 164 cm³/mol. The third kappa shape index (κ3) is 4.62. The molecule has 5 heterocycles. The van der Waals surface area contributed by atoms with Crippen molar-refractivity contribution < 1.29 is 4.79 Å². The van der Waals surface area contributed by atoms with Crippen LogP contribution in [0.25, 0.3) is 32.7 Å². The molecule has 0 aliphatic carbocycles. The summed E-state index contributed by atoms with van der Waals surface area (Å²) in [5.74, 6) is 0.515. The van der Waals surface area contributed by atoms with Crippen molar-refractivity contribution in [2.24, 2.45) is 0 Å². The summed E-state index contributed by atoms with van der Waals surface area (Å²) in [6, 6.07) is 15.8. The molecule has 4 aromatic heterocycles. The number of carbonyl (C=O) groups is 1. The van der Waals surface area contributed by atoms with Crippen molar-refractivity contribution in [1.82, 2.24) is 38.9 Å². The number of fused-ring (bicyclic) bond motifs is 4. The third-order valence-corrected chi connectivity index (χ3v) is 8.10. The van der Waals surface area contributed by atoms with Crippen molar-refractivity contribution in [2.45, 2.75) is 0 Å². The van der Waals surface area contributed by atoms with Crippen molar-refractivity contribution in [3.8, 4) is 5.13 Å². The number of anilines is 3. The average Bonchev–Trinajstić information content (AvgIpc) is 3.64. The Balaban J connectivity index is 1.14. The first-order chi connectivity index (χ1) is 20.5. The minimum Gasteiger partial charge on any atom is -0.368 e. The zero-order valence-electron chi connectivity index (χ0n) is 23.1. The molecule has 1 saturated heterocycles. The minimum absolute atomic E-state index is 0.165. The maximum atomic E-state index is 13.7. The lowest BCUT2D eigenvalue weighted by Crippen LogP contribution is -2.50. The van der Waals surface area contributed by atoms with E-state index >= 15 is 0 Å². The van der Waals surface area contributed by atoms with E-state index in [1.807, 2.05) is 77.8 Å². The molecule has 12 nitrogen and oxygen atoms in total. The van der Waals surface area contributed by atoms with Crippen LogP contribution in [0.2, 0.25) is 0 Å². The van der Waals surface area contributed by atoms with Crippen LogP contribution in [-0.4, -0.2) is 91.7 Å². The van der Waals surface area contributed by atoms with E-state index in [-0.39, 0.29) is 11.5 Å². The molecule has 0 radical (unpaired) electrons. The Hall–Kier alpha value is -4.88. The molecule has 42 heavy (non-hydrogen) atoms. The van der Waals surface area contributed by atoms with E-state index in [1.165, 1.54) is 17.5 Å². The smallest absolute Gasteiger partial charge is 0.284 e. The first-order valence-electron chi connectivity index (χ1n) is 13.6. The lowest BCUT2D eigenvalue weighted by atomic mass is 10.2. The highest BCUT2D eigenvalue weighted by Crippen LogP contribution is 2.26. The number of nitrogens with one attached hydrogen (secondary N) is 1. The molecule has 0 unspecified atom stereocenters. The zero-order chi connectivity index (χ0) is 28.8. The molecule has 13 heteroatoms. The van der Waals surface area contributed by atoms with Gasteiger partial charge in [-0.05, 0) is 50.5 Å². The second kappa shape index (κ2) is 10.5. The highest BCUT2D eigenvalue weighted by molar-refractivity contribution is 7.12. The summed E-state index contributed by atoms with van der Waals surface area (Å²) in [6.45, 7) is 3.42. The number of hydrogen-bond acceptors (Lipinski definition) is 10. The highest BCUT2D eigenvalue weighted by Gasteiger charge is 2.22. The number of aromatic nitrogens is 6. The molecule has 212 valence electrons. The first kappa shape index (κ1) is 26.0. The van der Waals surface area contributed by atoms with E-state index in [4.69, 9.17) is 4.98 Å². The number of nitrogens with zero attached hydrogens (tertiary/aromatic N) is 9. The van der Waals surface area contributed by atoms with Gasteiger partial charge in [-0.2, -0.15) is 9.50 Å². The Morgan fingerprint density at radius 3 is 2.50 bits per heavy atom. The van der Waals surface area contributed by atoms with Gasteiger partial charge in [0.1, 0.15) is 5.39 Å². The van der Waals surface area contributed by atoms with Crippen LogP contribution in [0, 0.1) is 0 Å². The monoisotopic (exact) mass is 580 g/mol. The standard InChI is InChI=1S/C29H28N10O2S/c1-35(2)18-24(40)37-14-12-36(13-15-37)20-9-7-19(8-10-20)32-28-31-17-22-25(34-28)33-26-21-5-3-4-6-23(21)38(39(26)27(22)41)29-30-11-16-42-29/h3-11,16-17H,12-15,18H2,1-2H3,(H,31,32,34). The molecule has 0 saturated carbocycles. The van der Waals surface area contributed by atoms with Gasteiger partial charge in [-0.25, -0.2) is 19.6 Å². The van der Waals surface area contributed by atoms with Crippen LogP contribution < -0.4 is 15.8 Å². The van der Waals surface area contributed by atoms with Gasteiger partial charge in [0, 0.05) is 60.7 Å². The third-order valence-electron chi connectivity index (χ3n) is 7.35. The molecule has 1 aliphatic heterocycles. The summed E-state index contributed by atoms with van der Waals surface area (Å²) in [4.78, 5) is 50.4. The number of hydrogen-bond donors (Lipinski definition) is 1. The SMILES string of the molecule is CN(C)CC(=O)N1CCN(c2ccc(Nc3ncc4c(=O)n5c(nc4n3)c3ccccc3n5-c3nccs3)cc2)CC1. The highest BCUT2D eigenvalue weighted by atomic mass is 32.1. The van der Waals surface area contributed by atoms with Crippen molar-refractivity contribution in [1.29, 1.82) is 0 Å². The van der Waals surface area contributed by atoms with Crippen molar-refractivity contribution >= 4 is 62.2 Å². The Bertz CT molecular complexity index is 1970. The maximum Gasteiger partial charge on any atom is 0.284 e. The van der Waals surface area contributed by atoms with E-state index in [9.17, 15) is 9.59 Å². The number of amides is 1. The summed E-state index contributed by atoms with van der Waals surface area (Å²) in [5, 5.41) is 6.93. The number of benzene rings is 2. The van der Waals surface area contributed by atoms with Crippen LogP contribution in [0.4, 0.5) is 17.3 Å². The molecular formula is C29H28N10O2S. The lowest BCUT2D eigenvalue weighted by Gasteiger charge is -2.36. The van der Waals surface area contributed by atoms with Crippen LogP contribution >= 0.6 is 11.3 Å². The van der Waals surface area contributed by atoms with Gasteiger partial charge in [-0.3, -0.25) is 9.59 Å². The van der Waals surface area contributed by atoms with E-state index in [0.29, 0.717) is 47.4 Å². The fourth-order valence-electron chi connectivity index (χ4n) is 5.32. The number of para-hydroxylation sites is 1. The normalized spacial score (nSPS) is 14.0. The molecule has 2 aromatic carbocycles. The predicted octanol–water partition coefficient (Wildman–Crippen LogP) is 2.99. The van der Waals surface area contributed by atoms with Crippen molar-refractivity contribution in [3.05, 3.63) is 76.7 Å². The summed E-state index contributed by atoms with van der Waals surface area (Å²) in [5.41, 5.74) is 3.30. The second-order valence-electron chi connectivity index (χ2n) is 10.4. The van der Waals surface area contributed by atoms with E-state index in [2.05, 4.69) is 25.2 Å². The molecular weight excluding hydrogens is 552 g/mol. The van der Waals surface area contributed by atoms with Crippen LogP contribution in [-0.2, 0) is 4.79 Å². The molecule has 0 bridgehead atoms. The fourth-order valence-corrected chi connectivity index (χ4v) is 5.97. The lowest BCUT2D eigenvalue weighted by molar-refractivity contribution is -0.132. The maximum absolute atomic E-state index is 13.7. The molecule has 7 rings (SSSR count). The molecule has 1 fully saturated rings. The van der Waals surface area contributed by atoms with E-state index in [1.54, 1.807) is 15.4 Å². The second-order valence-corrected chi connectivity index (χ2v) is 11.3. The minimum atomic E-state index is -0.263. The average molecular weight is 581 g/mol. The van der Waals surface area contributed by atoms with Crippen LogP contribution in [0.1, 0.15) is 0 Å². The van der Waals surface area contributed by atoms with Gasteiger partial charge >= 0.3 is 0 Å². The van der Waals surface area contributed by atoms with Gasteiger partial charge in [0.25, 0.3) is 5.56 Å². The van der Waals surface area contributed by atoms with Crippen LogP contribution in [0.5, 0.6) is 0 Å². The molecule has 0 atom stereocenters. The van der Waals surface area contributed by atoms with Crippen molar-refractivity contribution in [2.75, 3.05) is 57.0 Å². The molecule has 1 aliphatic rings. The van der Waals surface area contributed by atoms with Gasteiger partial charge in [0.2, 0.25) is 17.0 Å². The Labute approximate surface area is 244 Å². The van der Waals surface area contributed by atoms with Crippen LogP contribution in [0.3, 0.4) is 0 Å². The molecule has 6 aromatic rings. The number of likely N-dealkylation sites (N-methyl/N-ethyl adjacent to an activating group) is 1. The van der Waals surface area contributed by atoms with Gasteiger partial charge in [-0.1, -0.05) is 12.1 Å². The topological polar surface area (TPSA) is 117 Å². The Morgan fingerprint density at radius 2 is 1.76 bits per heavy atom. The number of piperazine rings is 1. The first-order valence-corrected chi connectivity index (χ1v) is 14.5. The summed E-state index contributed by atoms with van der Waals surface area (Å²) in [6.07, 6.45) is 3.23. The summed E-state index contributed by atoms with van der Waals surface area (Å²) < 4.78 is 3.33. The van der Waals surface area contributed by atoms with Gasteiger partial charge in [0.05, 0.1) is 12.1 Å². The molecule has 0 spiro atoms.